The molecule has 12 nitrogen and oxygen atoms in total. The first-order valence-corrected chi connectivity index (χ1v) is 13.4. The molecule has 3 aromatic rings. The number of ether oxygens (including phenoxy) is 4. The maximum Gasteiger partial charge on any atom is 0.410 e. The summed E-state index contributed by atoms with van der Waals surface area (Å²) in [5.41, 5.74) is 2.13. The van der Waals surface area contributed by atoms with Crippen molar-refractivity contribution < 1.29 is 23.7 Å². The summed E-state index contributed by atoms with van der Waals surface area (Å²) < 4.78 is 23.9. The summed E-state index contributed by atoms with van der Waals surface area (Å²) in [5.74, 6) is 3.54. The zero-order valence-electron chi connectivity index (χ0n) is 24.0. The van der Waals surface area contributed by atoms with E-state index in [2.05, 4.69) is 15.2 Å². The van der Waals surface area contributed by atoms with Gasteiger partial charge in [0.2, 0.25) is 11.7 Å². The number of carbonyl (C=O) groups is 1. The number of rotatable bonds is 7. The van der Waals surface area contributed by atoms with Gasteiger partial charge in [-0.3, -0.25) is 0 Å². The number of imidazole rings is 1. The van der Waals surface area contributed by atoms with Crippen molar-refractivity contribution in [1.29, 1.82) is 0 Å². The smallest absolute Gasteiger partial charge is 0.410 e. The second-order valence-electron chi connectivity index (χ2n) is 10.8. The van der Waals surface area contributed by atoms with Crippen molar-refractivity contribution in [3.05, 3.63) is 35.9 Å². The van der Waals surface area contributed by atoms with E-state index in [4.69, 9.17) is 28.9 Å². The van der Waals surface area contributed by atoms with Crippen molar-refractivity contribution in [2.75, 3.05) is 51.2 Å². The molecule has 0 spiro atoms. The molecule has 12 heteroatoms. The summed E-state index contributed by atoms with van der Waals surface area (Å²) in [6, 6.07) is 3.69. The van der Waals surface area contributed by atoms with Crippen molar-refractivity contribution in [3.8, 4) is 22.9 Å². The van der Waals surface area contributed by atoms with Crippen LogP contribution in [0.3, 0.4) is 0 Å². The molecule has 4 heterocycles. The van der Waals surface area contributed by atoms with Crippen LogP contribution in [0, 0.1) is 0 Å². The molecular weight excluding hydrogens is 514 g/mol. The van der Waals surface area contributed by atoms with Gasteiger partial charge in [-0.15, -0.1) is 0 Å². The third-order valence-corrected chi connectivity index (χ3v) is 6.87. The van der Waals surface area contributed by atoms with Gasteiger partial charge in [0.1, 0.15) is 17.7 Å². The van der Waals surface area contributed by atoms with Crippen LogP contribution in [0.4, 0.5) is 22.4 Å². The van der Waals surface area contributed by atoms with Gasteiger partial charge in [0, 0.05) is 37.3 Å². The predicted molar refractivity (Wildman–Crippen MR) is 150 cm³/mol. The van der Waals surface area contributed by atoms with Crippen LogP contribution >= 0.6 is 0 Å². The van der Waals surface area contributed by atoms with E-state index in [0.717, 1.165) is 48.7 Å². The van der Waals surface area contributed by atoms with E-state index in [9.17, 15) is 4.79 Å². The Bertz CT molecular complexity index is 1350. The number of aromatic nitrogens is 4. The van der Waals surface area contributed by atoms with E-state index in [-0.39, 0.29) is 6.09 Å². The standard InChI is InChI=1S/C28H37N7O5/c1-28(2,3)40-27(36)34-12-9-19-20(15-34)30-26(32-25(19)33-10-7-8-11-33)31-23-16-35(17-29-23)18-13-21(37-4)24(39-6)22(14-18)38-5/h13-14,16-17H,7-12,15H2,1-6H3,(H,30,31,32). The normalized spacial score (nSPS) is 15.1. The molecule has 1 saturated heterocycles. The Labute approximate surface area is 234 Å². The van der Waals surface area contributed by atoms with Gasteiger partial charge in [-0.05, 0) is 40.0 Å². The fourth-order valence-electron chi connectivity index (χ4n) is 5.00. The third-order valence-electron chi connectivity index (χ3n) is 6.87. The Morgan fingerprint density at radius 1 is 0.975 bits per heavy atom. The second-order valence-corrected chi connectivity index (χ2v) is 10.8. The molecule has 0 saturated carbocycles. The molecule has 0 atom stereocenters. The number of nitrogens with zero attached hydrogens (tertiary/aromatic N) is 6. The number of nitrogens with one attached hydrogen (secondary N) is 1. The van der Waals surface area contributed by atoms with Crippen LogP contribution in [0.15, 0.2) is 24.7 Å². The van der Waals surface area contributed by atoms with Gasteiger partial charge >= 0.3 is 6.09 Å². The molecule has 214 valence electrons. The van der Waals surface area contributed by atoms with Crippen LogP contribution in [0.1, 0.15) is 44.9 Å². The van der Waals surface area contributed by atoms with Crippen LogP contribution in [0.2, 0.25) is 0 Å². The molecule has 0 aliphatic carbocycles. The first-order chi connectivity index (χ1) is 19.2. The SMILES string of the molecule is COc1cc(-n2cnc(Nc3nc4c(c(N5CCCC5)n3)CCN(C(=O)OC(C)(C)C)C4)c2)cc(OC)c1OC. The highest BCUT2D eigenvalue weighted by atomic mass is 16.6. The summed E-state index contributed by atoms with van der Waals surface area (Å²) in [6.45, 7) is 8.45. The Morgan fingerprint density at radius 2 is 1.68 bits per heavy atom. The third kappa shape index (κ3) is 5.70. The van der Waals surface area contributed by atoms with Crippen LogP contribution in [0.5, 0.6) is 17.2 Å². The first-order valence-electron chi connectivity index (χ1n) is 13.4. The fraction of sp³-hybridized carbons (Fsp3) is 0.500. The highest BCUT2D eigenvalue weighted by Gasteiger charge is 2.30. The highest BCUT2D eigenvalue weighted by molar-refractivity contribution is 5.69. The highest BCUT2D eigenvalue weighted by Crippen LogP contribution is 2.39. The minimum atomic E-state index is -0.562. The zero-order valence-corrected chi connectivity index (χ0v) is 24.0. The first kappa shape index (κ1) is 27.4. The molecule has 1 aromatic carbocycles. The van der Waals surface area contributed by atoms with Crippen LogP contribution < -0.4 is 24.4 Å². The molecule has 5 rings (SSSR count). The Morgan fingerprint density at radius 3 is 2.30 bits per heavy atom. The van der Waals surface area contributed by atoms with Crippen molar-refractivity contribution in [1.82, 2.24) is 24.4 Å². The van der Waals surface area contributed by atoms with Crippen LogP contribution in [0.25, 0.3) is 5.69 Å². The summed E-state index contributed by atoms with van der Waals surface area (Å²) in [7, 11) is 4.73. The lowest BCUT2D eigenvalue weighted by molar-refractivity contribution is 0.0221. The number of hydrogen-bond donors (Lipinski definition) is 1. The van der Waals surface area contributed by atoms with E-state index >= 15 is 0 Å². The predicted octanol–water partition coefficient (Wildman–Crippen LogP) is 4.33. The summed E-state index contributed by atoms with van der Waals surface area (Å²) in [4.78, 5) is 31.1. The van der Waals surface area contributed by atoms with Gasteiger partial charge in [0.15, 0.2) is 17.3 Å². The summed E-state index contributed by atoms with van der Waals surface area (Å²) >= 11 is 0. The minimum absolute atomic E-state index is 0.335. The average molecular weight is 552 g/mol. The Balaban J connectivity index is 1.43. The van der Waals surface area contributed by atoms with Gasteiger partial charge in [0.25, 0.3) is 0 Å². The fourth-order valence-corrected chi connectivity index (χ4v) is 5.00. The molecule has 0 unspecified atom stereocenters. The van der Waals surface area contributed by atoms with Gasteiger partial charge in [-0.2, -0.15) is 4.98 Å². The van der Waals surface area contributed by atoms with E-state index < -0.39 is 5.60 Å². The van der Waals surface area contributed by atoms with E-state index in [1.54, 1.807) is 32.6 Å². The average Bonchev–Trinajstić information content (AvgIpc) is 3.63. The topological polar surface area (TPSA) is 116 Å². The van der Waals surface area contributed by atoms with Crippen molar-refractivity contribution in [3.63, 3.8) is 0 Å². The van der Waals surface area contributed by atoms with E-state index in [1.807, 2.05) is 43.7 Å². The molecule has 2 aliphatic heterocycles. The second kappa shape index (κ2) is 11.1. The molecular formula is C28H37N7O5. The van der Waals surface area contributed by atoms with Crippen molar-refractivity contribution in [2.24, 2.45) is 0 Å². The number of anilines is 3. The Hall–Kier alpha value is -4.22. The molecule has 2 aromatic heterocycles. The number of fused-ring (bicyclic) bond motifs is 1. The molecule has 1 N–H and O–H groups in total. The number of hydrogen-bond acceptors (Lipinski definition) is 10. The number of benzene rings is 1. The quantitative estimate of drug-likeness (QED) is 0.455. The molecule has 1 fully saturated rings. The number of carbonyl (C=O) groups excluding carboxylic acids is 1. The molecule has 2 aliphatic rings. The van der Waals surface area contributed by atoms with E-state index in [0.29, 0.717) is 48.5 Å². The van der Waals surface area contributed by atoms with Crippen LogP contribution in [-0.2, 0) is 17.7 Å². The molecule has 0 bridgehead atoms. The van der Waals surface area contributed by atoms with E-state index in [1.165, 1.54) is 0 Å². The van der Waals surface area contributed by atoms with Gasteiger partial charge in [0.05, 0.1) is 45.5 Å². The monoisotopic (exact) mass is 551 g/mol. The molecule has 1 amide bonds. The van der Waals surface area contributed by atoms with Gasteiger partial charge in [-0.1, -0.05) is 0 Å². The maximum absolute atomic E-state index is 12.8. The minimum Gasteiger partial charge on any atom is -0.493 e. The van der Waals surface area contributed by atoms with Crippen molar-refractivity contribution in [2.45, 2.75) is 52.2 Å². The number of amides is 1. The van der Waals surface area contributed by atoms with Crippen molar-refractivity contribution >= 4 is 23.7 Å². The Kier molecular flexibility index (Phi) is 7.59. The lowest BCUT2D eigenvalue weighted by Gasteiger charge is -2.32. The molecule has 0 radical (unpaired) electrons. The molecule has 40 heavy (non-hydrogen) atoms. The summed E-state index contributed by atoms with van der Waals surface area (Å²) in [5, 5.41) is 3.27. The lowest BCUT2D eigenvalue weighted by atomic mass is 10.1. The number of methoxy groups -OCH3 is 3. The lowest BCUT2D eigenvalue weighted by Crippen LogP contribution is -2.41. The van der Waals surface area contributed by atoms with Crippen LogP contribution in [-0.4, -0.2) is 77.1 Å². The van der Waals surface area contributed by atoms with Gasteiger partial charge < -0.3 is 38.6 Å². The summed E-state index contributed by atoms with van der Waals surface area (Å²) in [6.07, 6.45) is 6.13. The maximum atomic E-state index is 12.8. The zero-order chi connectivity index (χ0) is 28.4. The van der Waals surface area contributed by atoms with Gasteiger partial charge in [-0.25, -0.2) is 14.8 Å². The largest absolute Gasteiger partial charge is 0.493 e.